The van der Waals surface area contributed by atoms with E-state index in [1.165, 1.54) is 32.7 Å². The minimum Gasteiger partial charge on any atom is -0.298 e. The molecule has 0 saturated carbocycles. The van der Waals surface area contributed by atoms with Crippen molar-refractivity contribution in [2.75, 3.05) is 0 Å². The van der Waals surface area contributed by atoms with E-state index >= 15 is 0 Å². The van der Waals surface area contributed by atoms with Crippen LogP contribution < -0.4 is 0 Å². The van der Waals surface area contributed by atoms with E-state index in [2.05, 4.69) is 126 Å². The molecule has 0 fully saturated rings. The van der Waals surface area contributed by atoms with Gasteiger partial charge in [0.1, 0.15) is 12.6 Å². The molecule has 0 saturated heterocycles. The summed E-state index contributed by atoms with van der Waals surface area (Å²) in [7, 11) is 0. The van der Waals surface area contributed by atoms with E-state index in [0.717, 1.165) is 34.8 Å². The van der Waals surface area contributed by atoms with Crippen LogP contribution in [0.4, 0.5) is 0 Å². The van der Waals surface area contributed by atoms with Gasteiger partial charge < -0.3 is 0 Å². The topological polar surface area (TPSA) is 34.1 Å². The third kappa shape index (κ3) is 6.54. The summed E-state index contributed by atoms with van der Waals surface area (Å²) in [6.07, 6.45) is 1.96. The van der Waals surface area contributed by atoms with Crippen LogP contribution in [0.15, 0.2) is 60.7 Å². The Hall–Kier alpha value is -3.26. The number of hydrogen-bond donors (Lipinski definition) is 0. The number of hydrogen-bond acceptors (Lipinski definition) is 2. The normalized spacial score (nSPS) is 12.7. The highest BCUT2D eigenvalue weighted by atomic mass is 16.1. The van der Waals surface area contributed by atoms with Crippen molar-refractivity contribution in [1.29, 1.82) is 0 Å². The molecular formula is C38H48O2. The Kier molecular flexibility index (Phi) is 8.57. The minimum absolute atomic E-state index is 0.0493. The predicted octanol–water partition coefficient (Wildman–Crippen LogP) is 10.5. The van der Waals surface area contributed by atoms with E-state index in [4.69, 9.17) is 0 Å². The zero-order valence-corrected chi connectivity index (χ0v) is 26.7. The minimum atomic E-state index is -0.0584. The molecule has 0 aliphatic heterocycles. The fraction of sp³-hybridized carbons (Fsp3) is 0.421. The second-order valence-electron chi connectivity index (χ2n) is 15.1. The molecule has 4 rings (SSSR count). The quantitative estimate of drug-likeness (QED) is 0.239. The Bertz CT molecular complexity index is 1540. The number of rotatable bonds is 2. The lowest BCUT2D eigenvalue weighted by Gasteiger charge is -2.29. The first kappa shape index (κ1) is 31.3. The third-order valence-corrected chi connectivity index (χ3v) is 7.56. The molecule has 4 aromatic carbocycles. The van der Waals surface area contributed by atoms with Gasteiger partial charge in [-0.25, -0.2) is 0 Å². The number of carbonyl (C=O) groups is 2. The van der Waals surface area contributed by atoms with E-state index in [0.29, 0.717) is 0 Å². The smallest absolute Gasteiger partial charge is 0.150 e. The van der Waals surface area contributed by atoms with Crippen molar-refractivity contribution < 1.29 is 9.59 Å². The monoisotopic (exact) mass is 536 g/mol. The maximum atomic E-state index is 11.5. The first-order valence-electron chi connectivity index (χ1n) is 14.4. The third-order valence-electron chi connectivity index (χ3n) is 7.56. The lowest BCUT2D eigenvalue weighted by atomic mass is 9.75. The zero-order valence-electron chi connectivity index (χ0n) is 26.7. The van der Waals surface area contributed by atoms with Gasteiger partial charge in [-0.15, -0.1) is 0 Å². The average molecular weight is 537 g/mol. The molecule has 2 heteroatoms. The second-order valence-corrected chi connectivity index (χ2v) is 15.1. The zero-order chi connectivity index (χ0) is 30.3. The molecule has 2 nitrogen and oxygen atoms in total. The molecule has 0 radical (unpaired) electrons. The van der Waals surface area contributed by atoms with Gasteiger partial charge in [0.2, 0.25) is 0 Å². The van der Waals surface area contributed by atoms with Crippen molar-refractivity contribution in [3.8, 4) is 0 Å². The van der Waals surface area contributed by atoms with Gasteiger partial charge in [0.05, 0.1) is 0 Å². The highest BCUT2D eigenvalue weighted by Crippen LogP contribution is 2.39. The van der Waals surface area contributed by atoms with Gasteiger partial charge >= 0.3 is 0 Å². The van der Waals surface area contributed by atoms with Crippen LogP contribution in [0, 0.1) is 0 Å². The number of fused-ring (bicyclic) bond motifs is 2. The van der Waals surface area contributed by atoms with Crippen LogP contribution >= 0.6 is 0 Å². The van der Waals surface area contributed by atoms with Crippen molar-refractivity contribution >= 4 is 34.1 Å². The van der Waals surface area contributed by atoms with Gasteiger partial charge in [-0.05, 0) is 65.5 Å². The number of aldehydes is 2. The maximum Gasteiger partial charge on any atom is 0.150 e. The maximum absolute atomic E-state index is 11.5. The molecule has 0 spiro atoms. The van der Waals surface area contributed by atoms with Gasteiger partial charge in [-0.3, -0.25) is 9.59 Å². The summed E-state index contributed by atoms with van der Waals surface area (Å²) in [5, 5.41) is 4.87. The average Bonchev–Trinajstić information content (AvgIpc) is 2.84. The van der Waals surface area contributed by atoms with Crippen molar-refractivity contribution in [2.45, 2.75) is 105 Å². The van der Waals surface area contributed by atoms with Crippen molar-refractivity contribution in [1.82, 2.24) is 0 Å². The summed E-state index contributed by atoms with van der Waals surface area (Å²) in [4.78, 5) is 22.9. The molecule has 4 aromatic rings. The molecule has 0 atom stereocenters. The fourth-order valence-electron chi connectivity index (χ4n) is 5.66. The molecule has 212 valence electrons. The van der Waals surface area contributed by atoms with Gasteiger partial charge in [-0.2, -0.15) is 0 Å². The molecule has 0 amide bonds. The summed E-state index contributed by atoms with van der Waals surface area (Å²) in [6.45, 7) is 26.3. The van der Waals surface area contributed by atoms with E-state index in [1.807, 2.05) is 18.2 Å². The predicted molar refractivity (Wildman–Crippen MR) is 173 cm³/mol. The van der Waals surface area contributed by atoms with Crippen molar-refractivity contribution in [2.24, 2.45) is 0 Å². The Balaban J connectivity index is 0.000000220. The summed E-state index contributed by atoms with van der Waals surface area (Å²) >= 11 is 0. The molecular weight excluding hydrogens is 488 g/mol. The first-order valence-corrected chi connectivity index (χ1v) is 14.4. The molecule has 0 bridgehead atoms. The lowest BCUT2D eigenvalue weighted by Crippen LogP contribution is -2.19. The van der Waals surface area contributed by atoms with Gasteiger partial charge in [0.15, 0.2) is 0 Å². The summed E-state index contributed by atoms with van der Waals surface area (Å²) in [6, 6.07) is 21.0. The molecule has 40 heavy (non-hydrogen) atoms. The fourth-order valence-corrected chi connectivity index (χ4v) is 5.66. The van der Waals surface area contributed by atoms with Gasteiger partial charge in [0, 0.05) is 11.1 Å². The molecule has 0 unspecified atom stereocenters. The summed E-state index contributed by atoms with van der Waals surface area (Å²) in [5.74, 6) is 0. The van der Waals surface area contributed by atoms with Crippen LogP contribution in [-0.2, 0) is 21.7 Å². The van der Waals surface area contributed by atoms with Crippen LogP contribution in [0.3, 0.4) is 0 Å². The Morgan fingerprint density at radius 1 is 0.500 bits per heavy atom. The number of carbonyl (C=O) groups excluding carboxylic acids is 2. The van der Waals surface area contributed by atoms with Gasteiger partial charge in [0.25, 0.3) is 0 Å². The van der Waals surface area contributed by atoms with Crippen LogP contribution in [-0.4, -0.2) is 12.6 Å². The van der Waals surface area contributed by atoms with Crippen molar-refractivity contribution in [3.63, 3.8) is 0 Å². The Morgan fingerprint density at radius 2 is 1.00 bits per heavy atom. The SMILES string of the molecule is CC(C)(C)c1ccc2ccc(C=O)c(C(C)(C)C)c2c1.CC(C)(C)c1cccc2ccc(C=O)c(C(C)(C)C)c12. The summed E-state index contributed by atoms with van der Waals surface area (Å²) in [5.41, 5.74) is 6.59. The Labute approximate surface area is 242 Å². The highest BCUT2D eigenvalue weighted by Gasteiger charge is 2.26. The molecule has 0 aliphatic rings. The molecule has 0 heterocycles. The van der Waals surface area contributed by atoms with Crippen LogP contribution in [0.25, 0.3) is 21.5 Å². The largest absolute Gasteiger partial charge is 0.298 e. The van der Waals surface area contributed by atoms with Crippen LogP contribution in [0.1, 0.15) is 126 Å². The van der Waals surface area contributed by atoms with E-state index in [-0.39, 0.29) is 21.7 Å². The van der Waals surface area contributed by atoms with Crippen LogP contribution in [0.2, 0.25) is 0 Å². The highest BCUT2D eigenvalue weighted by molar-refractivity contribution is 5.97. The molecule has 0 aromatic heterocycles. The second kappa shape index (κ2) is 11.0. The van der Waals surface area contributed by atoms with Gasteiger partial charge in [-0.1, -0.05) is 144 Å². The molecule has 0 aliphatic carbocycles. The first-order chi connectivity index (χ1) is 18.3. The van der Waals surface area contributed by atoms with Crippen molar-refractivity contribution in [3.05, 3.63) is 94.0 Å². The van der Waals surface area contributed by atoms with Crippen LogP contribution in [0.5, 0.6) is 0 Å². The Morgan fingerprint density at radius 3 is 1.48 bits per heavy atom. The van der Waals surface area contributed by atoms with E-state index in [9.17, 15) is 9.59 Å². The van der Waals surface area contributed by atoms with E-state index < -0.39 is 0 Å². The number of benzene rings is 4. The van der Waals surface area contributed by atoms with E-state index in [1.54, 1.807) is 0 Å². The summed E-state index contributed by atoms with van der Waals surface area (Å²) < 4.78 is 0. The molecule has 0 N–H and O–H groups in total. The standard InChI is InChI=1S/2C19H24O/c1-18(2,3)15-10-9-13-7-8-14(12-20)17(16(13)11-15)19(4,5)6;1-18(2,3)15-9-7-8-13-10-11-14(12-20)17(16(13)15)19(4,5)6/h2*7-12H,1-6H3. The lowest BCUT2D eigenvalue weighted by molar-refractivity contribution is 0.111.